The standard InChI is InChI=1S/C20H23N3O9S/c1-10(24)29-9-15-17(30-11(2)25)16(22-23-21)18(31-12(3)26)20(33,32-15)14-7-5-6-13(8-14)19(27)28-4/h5-8,15-18,33H,9H2,1-4H3/t15-,16+,17+,18-,20-/m1/s1. The highest BCUT2D eigenvalue weighted by atomic mass is 32.1. The van der Waals surface area contributed by atoms with E-state index in [9.17, 15) is 24.7 Å². The third kappa shape index (κ3) is 6.15. The molecule has 0 aromatic heterocycles. The minimum absolute atomic E-state index is 0.146. The van der Waals surface area contributed by atoms with Crippen molar-refractivity contribution >= 4 is 36.5 Å². The van der Waals surface area contributed by atoms with Crippen molar-refractivity contribution in [3.8, 4) is 0 Å². The molecular formula is C20H23N3O9S. The number of carbonyl (C=O) groups is 4. The lowest BCUT2D eigenvalue weighted by molar-refractivity contribution is -0.229. The maximum Gasteiger partial charge on any atom is 0.337 e. The first kappa shape index (κ1) is 26.0. The number of ether oxygens (including phenoxy) is 5. The largest absolute Gasteiger partial charge is 0.465 e. The summed E-state index contributed by atoms with van der Waals surface area (Å²) in [5, 5.41) is 3.69. The molecule has 0 bridgehead atoms. The average Bonchev–Trinajstić information content (AvgIpc) is 2.76. The van der Waals surface area contributed by atoms with Crippen LogP contribution in [0.3, 0.4) is 0 Å². The van der Waals surface area contributed by atoms with E-state index in [4.69, 9.17) is 23.7 Å². The zero-order valence-corrected chi connectivity index (χ0v) is 19.2. The minimum Gasteiger partial charge on any atom is -0.465 e. The van der Waals surface area contributed by atoms with Gasteiger partial charge in [-0.2, -0.15) is 0 Å². The second-order valence-electron chi connectivity index (χ2n) is 7.03. The van der Waals surface area contributed by atoms with Crippen LogP contribution in [0, 0.1) is 0 Å². The van der Waals surface area contributed by atoms with Crippen LogP contribution in [-0.2, 0) is 43.0 Å². The molecule has 0 unspecified atom stereocenters. The molecule has 0 saturated carbocycles. The van der Waals surface area contributed by atoms with E-state index < -0.39 is 59.8 Å². The summed E-state index contributed by atoms with van der Waals surface area (Å²) in [5.41, 5.74) is 9.57. The van der Waals surface area contributed by atoms with Crippen molar-refractivity contribution in [3.63, 3.8) is 0 Å². The molecule has 2 rings (SSSR count). The van der Waals surface area contributed by atoms with E-state index in [0.29, 0.717) is 0 Å². The Morgan fingerprint density at radius 3 is 2.36 bits per heavy atom. The van der Waals surface area contributed by atoms with Crippen LogP contribution in [-0.4, -0.2) is 61.9 Å². The summed E-state index contributed by atoms with van der Waals surface area (Å²) in [6, 6.07) is 4.63. The molecule has 1 aromatic carbocycles. The van der Waals surface area contributed by atoms with Gasteiger partial charge in [-0.25, -0.2) is 4.79 Å². The summed E-state index contributed by atoms with van der Waals surface area (Å²) in [6.45, 7) is 3.03. The number of methoxy groups -OCH3 is 1. The van der Waals surface area contributed by atoms with Crippen molar-refractivity contribution in [3.05, 3.63) is 45.8 Å². The van der Waals surface area contributed by atoms with Crippen LogP contribution in [0.5, 0.6) is 0 Å². The molecule has 1 aliphatic rings. The zero-order valence-electron chi connectivity index (χ0n) is 18.3. The van der Waals surface area contributed by atoms with Crippen molar-refractivity contribution in [2.45, 2.75) is 50.1 Å². The predicted molar refractivity (Wildman–Crippen MR) is 114 cm³/mol. The SMILES string of the molecule is COC(=O)c1cccc([C@]2(S)O[C@H](COC(C)=O)[C@H](OC(C)=O)[C@H](N=[N+]=[N-])[C@H]2OC(C)=O)c1. The molecule has 1 fully saturated rings. The van der Waals surface area contributed by atoms with Crippen LogP contribution >= 0.6 is 12.6 Å². The molecule has 0 N–H and O–H groups in total. The van der Waals surface area contributed by atoms with Gasteiger partial charge < -0.3 is 23.7 Å². The Bertz CT molecular complexity index is 981. The van der Waals surface area contributed by atoms with E-state index in [0.717, 1.165) is 13.8 Å². The Morgan fingerprint density at radius 2 is 1.82 bits per heavy atom. The van der Waals surface area contributed by atoms with Gasteiger partial charge in [0.05, 0.1) is 12.7 Å². The summed E-state index contributed by atoms with van der Waals surface area (Å²) >= 11 is 4.63. The fraction of sp³-hybridized carbons (Fsp3) is 0.500. The topological polar surface area (TPSA) is 163 Å². The van der Waals surface area contributed by atoms with Crippen molar-refractivity contribution in [1.29, 1.82) is 0 Å². The van der Waals surface area contributed by atoms with Gasteiger partial charge in [0.1, 0.15) is 24.9 Å². The lowest BCUT2D eigenvalue weighted by Crippen LogP contribution is -2.63. The number of nitrogens with zero attached hydrogens (tertiary/aromatic N) is 3. The predicted octanol–water partition coefficient (Wildman–Crippen LogP) is 2.06. The van der Waals surface area contributed by atoms with Gasteiger partial charge in [0.2, 0.25) is 0 Å². The number of hydrogen-bond acceptors (Lipinski definition) is 11. The van der Waals surface area contributed by atoms with E-state index in [-0.39, 0.29) is 11.1 Å². The highest BCUT2D eigenvalue weighted by Gasteiger charge is 2.57. The summed E-state index contributed by atoms with van der Waals surface area (Å²) in [4.78, 5) is 48.1. The Labute approximate surface area is 194 Å². The second-order valence-corrected chi connectivity index (χ2v) is 7.69. The molecule has 1 aromatic rings. The molecule has 0 amide bonds. The lowest BCUT2D eigenvalue weighted by Gasteiger charge is -2.49. The second kappa shape index (κ2) is 11.0. The minimum atomic E-state index is -1.81. The average molecular weight is 481 g/mol. The van der Waals surface area contributed by atoms with Gasteiger partial charge in [0.25, 0.3) is 0 Å². The van der Waals surface area contributed by atoms with Gasteiger partial charge in [-0.1, -0.05) is 17.2 Å². The third-order valence-corrected chi connectivity index (χ3v) is 5.28. The summed E-state index contributed by atoms with van der Waals surface area (Å²) in [5.74, 6) is -2.78. The van der Waals surface area contributed by atoms with E-state index in [1.807, 2.05) is 0 Å². The Balaban J connectivity index is 2.68. The van der Waals surface area contributed by atoms with Crippen LogP contribution in [0.25, 0.3) is 10.4 Å². The zero-order chi connectivity index (χ0) is 24.8. The molecule has 33 heavy (non-hydrogen) atoms. The van der Waals surface area contributed by atoms with Gasteiger partial charge in [-0.3, -0.25) is 14.4 Å². The summed E-state index contributed by atoms with van der Waals surface area (Å²) in [7, 11) is 1.21. The molecule has 1 aliphatic heterocycles. The fourth-order valence-electron chi connectivity index (χ4n) is 3.39. The molecule has 0 spiro atoms. The maximum atomic E-state index is 12.0. The highest BCUT2D eigenvalue weighted by molar-refractivity contribution is 7.81. The van der Waals surface area contributed by atoms with E-state index >= 15 is 0 Å². The highest BCUT2D eigenvalue weighted by Crippen LogP contribution is 2.45. The van der Waals surface area contributed by atoms with Crippen molar-refractivity contribution in [1.82, 2.24) is 0 Å². The monoisotopic (exact) mass is 481 g/mol. The first-order valence-electron chi connectivity index (χ1n) is 9.64. The maximum absolute atomic E-state index is 12.0. The molecular weight excluding hydrogens is 458 g/mol. The van der Waals surface area contributed by atoms with Crippen LogP contribution in [0.15, 0.2) is 29.4 Å². The quantitative estimate of drug-likeness (QED) is 0.153. The Hall–Kier alpha value is -3.28. The molecule has 12 nitrogen and oxygen atoms in total. The van der Waals surface area contributed by atoms with Crippen molar-refractivity contribution < 1.29 is 42.9 Å². The number of hydrogen-bond donors (Lipinski definition) is 1. The first-order valence-corrected chi connectivity index (χ1v) is 10.1. The molecule has 1 saturated heterocycles. The number of benzene rings is 1. The van der Waals surface area contributed by atoms with E-state index in [1.165, 1.54) is 38.3 Å². The Kier molecular flexibility index (Phi) is 8.69. The first-order chi connectivity index (χ1) is 15.5. The molecule has 0 aliphatic carbocycles. The van der Waals surface area contributed by atoms with E-state index in [1.54, 1.807) is 0 Å². The number of rotatable bonds is 7. The van der Waals surface area contributed by atoms with Crippen LogP contribution in [0.2, 0.25) is 0 Å². The number of esters is 4. The normalized spacial score (nSPS) is 26.3. The summed E-state index contributed by atoms with van der Waals surface area (Å²) < 4.78 is 26.6. The van der Waals surface area contributed by atoms with Gasteiger partial charge in [-0.05, 0) is 23.2 Å². The molecule has 1 heterocycles. The van der Waals surface area contributed by atoms with Crippen LogP contribution in [0.4, 0.5) is 0 Å². The van der Waals surface area contributed by atoms with E-state index in [2.05, 4.69) is 22.7 Å². The van der Waals surface area contributed by atoms with Crippen LogP contribution < -0.4 is 0 Å². The summed E-state index contributed by atoms with van der Waals surface area (Å²) in [6.07, 6.45) is -3.86. The fourth-order valence-corrected chi connectivity index (χ4v) is 3.87. The molecule has 13 heteroatoms. The van der Waals surface area contributed by atoms with Gasteiger partial charge in [0, 0.05) is 25.7 Å². The Morgan fingerprint density at radius 1 is 1.15 bits per heavy atom. The number of azide groups is 1. The number of thiol groups is 1. The van der Waals surface area contributed by atoms with Gasteiger partial charge in [0.15, 0.2) is 11.0 Å². The smallest absolute Gasteiger partial charge is 0.337 e. The van der Waals surface area contributed by atoms with Crippen molar-refractivity contribution in [2.24, 2.45) is 5.11 Å². The van der Waals surface area contributed by atoms with Gasteiger partial charge >= 0.3 is 23.9 Å². The molecule has 5 atom stereocenters. The van der Waals surface area contributed by atoms with Gasteiger partial charge in [-0.15, -0.1) is 12.6 Å². The lowest BCUT2D eigenvalue weighted by atomic mass is 9.88. The molecule has 0 radical (unpaired) electrons. The van der Waals surface area contributed by atoms with Crippen molar-refractivity contribution in [2.75, 3.05) is 13.7 Å². The third-order valence-electron chi connectivity index (χ3n) is 4.66. The molecule has 178 valence electrons. The van der Waals surface area contributed by atoms with Crippen LogP contribution in [0.1, 0.15) is 36.7 Å². The number of carbonyl (C=O) groups excluding carboxylic acids is 4.